The number of esters is 1. The van der Waals surface area contributed by atoms with E-state index in [1.165, 1.54) is 12.8 Å². The molecule has 0 aromatic rings. The average Bonchev–Trinajstić information content (AvgIpc) is 2.59. The first-order valence-electron chi connectivity index (χ1n) is 6.69. The summed E-state index contributed by atoms with van der Waals surface area (Å²) in [6.07, 6.45) is 5.95. The molecule has 2 nitrogen and oxygen atoms in total. The molecule has 0 bridgehead atoms. The average molecular weight is 232 g/mol. The maximum absolute atomic E-state index is 11.6. The van der Waals surface area contributed by atoms with Crippen LogP contribution in [0.1, 0.15) is 33.1 Å². The molecule has 17 heavy (non-hydrogen) atoms. The summed E-state index contributed by atoms with van der Waals surface area (Å²) in [7, 11) is 0. The van der Waals surface area contributed by atoms with Gasteiger partial charge in [0.15, 0.2) is 0 Å². The van der Waals surface area contributed by atoms with Gasteiger partial charge in [-0.25, -0.2) is 4.79 Å². The van der Waals surface area contributed by atoms with E-state index < -0.39 is 0 Å². The molecule has 92 valence electrons. The molecule has 0 N–H and O–H groups in total. The number of hydrogen-bond acceptors (Lipinski definition) is 2. The van der Waals surface area contributed by atoms with Crippen LogP contribution >= 0.6 is 0 Å². The Morgan fingerprint density at radius 1 is 1.35 bits per heavy atom. The lowest BCUT2D eigenvalue weighted by Crippen LogP contribution is -2.34. The van der Waals surface area contributed by atoms with E-state index in [4.69, 9.17) is 4.74 Å². The van der Waals surface area contributed by atoms with Crippen LogP contribution in [0.2, 0.25) is 0 Å². The quantitative estimate of drug-likeness (QED) is 0.364. The van der Waals surface area contributed by atoms with E-state index in [1.54, 1.807) is 5.57 Å². The summed E-state index contributed by atoms with van der Waals surface area (Å²) in [5.41, 5.74) is 2.22. The van der Waals surface area contributed by atoms with Crippen LogP contribution in [0, 0.1) is 23.7 Å². The van der Waals surface area contributed by atoms with Gasteiger partial charge in [0.1, 0.15) is 6.10 Å². The Kier molecular flexibility index (Phi) is 2.42. The third-order valence-corrected chi connectivity index (χ3v) is 4.92. The van der Waals surface area contributed by atoms with Crippen LogP contribution in [0.4, 0.5) is 0 Å². The highest BCUT2D eigenvalue weighted by Crippen LogP contribution is 2.48. The van der Waals surface area contributed by atoms with Gasteiger partial charge in [-0.3, -0.25) is 0 Å². The molecule has 5 atom stereocenters. The van der Waals surface area contributed by atoms with Crippen molar-refractivity contribution in [1.82, 2.24) is 0 Å². The van der Waals surface area contributed by atoms with Gasteiger partial charge in [-0.1, -0.05) is 32.1 Å². The van der Waals surface area contributed by atoms with E-state index in [0.717, 1.165) is 12.3 Å². The van der Waals surface area contributed by atoms with Crippen LogP contribution in [-0.2, 0) is 9.53 Å². The molecule has 1 heterocycles. The molecule has 1 aliphatic heterocycles. The molecule has 1 unspecified atom stereocenters. The van der Waals surface area contributed by atoms with Crippen molar-refractivity contribution < 1.29 is 9.53 Å². The molecule has 0 amide bonds. The highest BCUT2D eigenvalue weighted by molar-refractivity contribution is 5.91. The van der Waals surface area contributed by atoms with Crippen molar-refractivity contribution >= 4 is 5.97 Å². The molecule has 2 aliphatic carbocycles. The first-order valence-corrected chi connectivity index (χ1v) is 6.69. The monoisotopic (exact) mass is 232 g/mol. The molecule has 0 radical (unpaired) electrons. The van der Waals surface area contributed by atoms with E-state index >= 15 is 0 Å². The SMILES string of the molecule is C=C1C(=O)O[C@@H]2CC3C(=C[C@H]12)[C@@H](C)CC[C@H]3C. The number of rotatable bonds is 0. The Labute approximate surface area is 103 Å². The topological polar surface area (TPSA) is 26.3 Å². The zero-order chi connectivity index (χ0) is 12.2. The number of ether oxygens (including phenoxy) is 1. The van der Waals surface area contributed by atoms with Gasteiger partial charge in [-0.15, -0.1) is 0 Å². The Hall–Kier alpha value is -1.05. The molecule has 0 aromatic heterocycles. The normalized spacial score (nSPS) is 44.8. The Morgan fingerprint density at radius 2 is 2.12 bits per heavy atom. The molecule has 1 saturated heterocycles. The van der Waals surface area contributed by atoms with Crippen molar-refractivity contribution in [3.8, 4) is 0 Å². The Balaban J connectivity index is 1.96. The third kappa shape index (κ3) is 1.57. The molecule has 0 spiro atoms. The number of carbonyl (C=O) groups excluding carboxylic acids is 1. The number of allylic oxidation sites excluding steroid dienone is 1. The molecule has 3 aliphatic rings. The van der Waals surface area contributed by atoms with Crippen LogP contribution in [0.5, 0.6) is 0 Å². The second kappa shape index (κ2) is 3.72. The predicted molar refractivity (Wildman–Crippen MR) is 66.3 cm³/mol. The highest BCUT2D eigenvalue weighted by atomic mass is 16.6. The van der Waals surface area contributed by atoms with Crippen molar-refractivity contribution in [3.63, 3.8) is 0 Å². The number of fused-ring (bicyclic) bond motifs is 2. The first-order chi connectivity index (χ1) is 8.08. The van der Waals surface area contributed by atoms with Crippen LogP contribution in [-0.4, -0.2) is 12.1 Å². The van der Waals surface area contributed by atoms with Gasteiger partial charge in [0.05, 0.1) is 0 Å². The Morgan fingerprint density at radius 3 is 2.88 bits per heavy atom. The van der Waals surface area contributed by atoms with Crippen LogP contribution in [0.3, 0.4) is 0 Å². The Bertz CT molecular complexity index is 407. The van der Waals surface area contributed by atoms with Crippen LogP contribution < -0.4 is 0 Å². The molecule has 3 rings (SSSR count). The van der Waals surface area contributed by atoms with E-state index in [9.17, 15) is 4.79 Å². The van der Waals surface area contributed by atoms with Gasteiger partial charge in [-0.2, -0.15) is 0 Å². The van der Waals surface area contributed by atoms with Gasteiger partial charge in [-0.05, 0) is 37.0 Å². The summed E-state index contributed by atoms with van der Waals surface area (Å²) in [4.78, 5) is 11.6. The first kappa shape index (κ1) is 11.1. The lowest BCUT2D eigenvalue weighted by Gasteiger charge is -2.41. The second-order valence-corrected chi connectivity index (χ2v) is 5.96. The van der Waals surface area contributed by atoms with Crippen molar-refractivity contribution in [1.29, 1.82) is 0 Å². The minimum Gasteiger partial charge on any atom is -0.458 e. The second-order valence-electron chi connectivity index (χ2n) is 5.96. The van der Waals surface area contributed by atoms with E-state index in [-0.39, 0.29) is 18.0 Å². The molecular formula is C15H20O2. The summed E-state index contributed by atoms with van der Waals surface area (Å²) in [5, 5.41) is 0. The molecule has 2 fully saturated rings. The fourth-order valence-electron chi connectivity index (χ4n) is 3.74. The maximum Gasteiger partial charge on any atom is 0.334 e. The molecular weight excluding hydrogens is 212 g/mol. The van der Waals surface area contributed by atoms with Gasteiger partial charge in [0.25, 0.3) is 0 Å². The van der Waals surface area contributed by atoms with Crippen molar-refractivity contribution in [2.24, 2.45) is 23.7 Å². The van der Waals surface area contributed by atoms with E-state index in [0.29, 0.717) is 17.4 Å². The van der Waals surface area contributed by atoms with Crippen molar-refractivity contribution in [3.05, 3.63) is 23.8 Å². The van der Waals surface area contributed by atoms with Crippen LogP contribution in [0.15, 0.2) is 23.8 Å². The summed E-state index contributed by atoms with van der Waals surface area (Å²) in [6.45, 7) is 8.52. The molecule has 2 heteroatoms. The fourth-order valence-corrected chi connectivity index (χ4v) is 3.74. The predicted octanol–water partition coefficient (Wildman–Crippen LogP) is 3.10. The zero-order valence-corrected chi connectivity index (χ0v) is 10.6. The van der Waals surface area contributed by atoms with Crippen LogP contribution in [0.25, 0.3) is 0 Å². The third-order valence-electron chi connectivity index (χ3n) is 4.92. The summed E-state index contributed by atoms with van der Waals surface area (Å²) in [5.74, 6) is 1.99. The van der Waals surface area contributed by atoms with Crippen molar-refractivity contribution in [2.75, 3.05) is 0 Å². The van der Waals surface area contributed by atoms with Gasteiger partial charge < -0.3 is 4.74 Å². The van der Waals surface area contributed by atoms with E-state index in [2.05, 4.69) is 26.5 Å². The summed E-state index contributed by atoms with van der Waals surface area (Å²) < 4.78 is 5.43. The fraction of sp³-hybridized carbons (Fsp3) is 0.667. The smallest absolute Gasteiger partial charge is 0.334 e. The highest BCUT2D eigenvalue weighted by Gasteiger charge is 2.45. The number of hydrogen-bond donors (Lipinski definition) is 0. The van der Waals surface area contributed by atoms with E-state index in [1.807, 2.05) is 0 Å². The minimum absolute atomic E-state index is 0.0662. The summed E-state index contributed by atoms with van der Waals surface area (Å²) in [6, 6.07) is 0. The molecule has 0 aromatic carbocycles. The largest absolute Gasteiger partial charge is 0.458 e. The maximum atomic E-state index is 11.6. The lowest BCUT2D eigenvalue weighted by molar-refractivity contribution is -0.139. The molecule has 1 saturated carbocycles. The number of carbonyl (C=O) groups is 1. The zero-order valence-electron chi connectivity index (χ0n) is 10.6. The van der Waals surface area contributed by atoms with Crippen molar-refractivity contribution in [2.45, 2.75) is 39.2 Å². The van der Waals surface area contributed by atoms with Gasteiger partial charge in [0, 0.05) is 11.5 Å². The minimum atomic E-state index is -0.184. The lowest BCUT2D eigenvalue weighted by atomic mass is 9.65. The standard InChI is InChI=1S/C15H20O2/c1-8-4-5-9(2)12-7-14-13(6-11(8)12)10(3)15(16)17-14/h6,8-9,12-14H,3-5,7H2,1-2H3/t8-,9+,12?,13+,14+/m0/s1. The van der Waals surface area contributed by atoms with Gasteiger partial charge in [0.2, 0.25) is 0 Å². The summed E-state index contributed by atoms with van der Waals surface area (Å²) >= 11 is 0. The van der Waals surface area contributed by atoms with Gasteiger partial charge >= 0.3 is 5.97 Å².